The van der Waals surface area contributed by atoms with Gasteiger partial charge in [-0.05, 0) is 36.8 Å². The fourth-order valence-electron chi connectivity index (χ4n) is 2.56. The summed E-state index contributed by atoms with van der Waals surface area (Å²) in [5.74, 6) is 1.18. The van der Waals surface area contributed by atoms with E-state index in [2.05, 4.69) is 76.0 Å². The van der Waals surface area contributed by atoms with E-state index in [4.69, 9.17) is 4.42 Å². The normalized spacial score (nSPS) is 12.0. The largest absolute Gasteiger partial charge is 0.423 e. The third-order valence-corrected chi connectivity index (χ3v) is 3.87. The van der Waals surface area contributed by atoms with Gasteiger partial charge in [-0.25, -0.2) is 0 Å². The number of nitrogens with zero attached hydrogens (tertiary/aromatic N) is 3. The molecule has 0 saturated heterocycles. The van der Waals surface area contributed by atoms with Crippen LogP contribution < -0.4 is 10.2 Å². The summed E-state index contributed by atoms with van der Waals surface area (Å²) in [5.41, 5.74) is 3.49. The Labute approximate surface area is 142 Å². The van der Waals surface area contributed by atoms with Gasteiger partial charge in [-0.15, -0.1) is 10.2 Å². The molecule has 1 heterocycles. The highest BCUT2D eigenvalue weighted by molar-refractivity contribution is 5.55. The molecule has 5 heteroatoms. The van der Waals surface area contributed by atoms with Gasteiger partial charge < -0.3 is 14.6 Å². The van der Waals surface area contributed by atoms with Gasteiger partial charge in [-0.1, -0.05) is 30.3 Å². The highest BCUT2D eigenvalue weighted by Gasteiger charge is 2.12. The van der Waals surface area contributed by atoms with Gasteiger partial charge >= 0.3 is 0 Å². The van der Waals surface area contributed by atoms with Crippen molar-refractivity contribution in [3.05, 3.63) is 71.9 Å². The lowest BCUT2D eigenvalue weighted by Gasteiger charge is -2.20. The summed E-state index contributed by atoms with van der Waals surface area (Å²) in [5, 5.41) is 11.3. The van der Waals surface area contributed by atoms with Gasteiger partial charge in [0.05, 0.1) is 0 Å². The number of aromatic nitrogens is 2. The molecule has 0 spiro atoms. The van der Waals surface area contributed by atoms with Gasteiger partial charge in [0.15, 0.2) is 0 Å². The average molecular weight is 322 g/mol. The summed E-state index contributed by atoms with van der Waals surface area (Å²) in [6.07, 6.45) is 0. The number of benzene rings is 2. The van der Waals surface area contributed by atoms with Crippen LogP contribution in [0.15, 0.2) is 59.0 Å². The number of aryl methyl sites for hydroxylation is 1. The zero-order valence-corrected chi connectivity index (χ0v) is 14.2. The van der Waals surface area contributed by atoms with Crippen LogP contribution in [0.1, 0.15) is 30.3 Å². The molecule has 0 amide bonds. The first kappa shape index (κ1) is 16.1. The van der Waals surface area contributed by atoms with Crippen LogP contribution in [0.5, 0.6) is 0 Å². The standard InChI is InChI=1S/C19H22N4O/c1-14(19-22-21-15(2)24-19)20-17-9-11-18(12-10-17)23(3)13-16-7-5-4-6-8-16/h4-12,14,20H,13H2,1-3H3/t14-/m0/s1. The molecule has 5 nitrogen and oxygen atoms in total. The van der Waals surface area contributed by atoms with Gasteiger partial charge in [-0.2, -0.15) is 0 Å². The maximum absolute atomic E-state index is 5.45. The predicted molar refractivity (Wildman–Crippen MR) is 96.1 cm³/mol. The molecular formula is C19H22N4O. The maximum Gasteiger partial charge on any atom is 0.238 e. The van der Waals surface area contributed by atoms with Crippen molar-refractivity contribution in [3.8, 4) is 0 Å². The highest BCUT2D eigenvalue weighted by Crippen LogP contribution is 2.22. The molecule has 0 aliphatic rings. The summed E-state index contributed by atoms with van der Waals surface area (Å²) in [7, 11) is 2.10. The van der Waals surface area contributed by atoms with Crippen molar-refractivity contribution in [1.82, 2.24) is 10.2 Å². The van der Waals surface area contributed by atoms with Crippen LogP contribution >= 0.6 is 0 Å². The molecule has 0 aliphatic heterocycles. The lowest BCUT2D eigenvalue weighted by molar-refractivity contribution is 0.451. The molecule has 0 radical (unpaired) electrons. The van der Waals surface area contributed by atoms with E-state index in [-0.39, 0.29) is 6.04 Å². The Morgan fingerprint density at radius 2 is 1.75 bits per heavy atom. The van der Waals surface area contributed by atoms with E-state index < -0.39 is 0 Å². The molecule has 24 heavy (non-hydrogen) atoms. The Kier molecular flexibility index (Phi) is 4.79. The van der Waals surface area contributed by atoms with Crippen LogP contribution in [0.2, 0.25) is 0 Å². The van der Waals surface area contributed by atoms with Crippen molar-refractivity contribution >= 4 is 11.4 Å². The van der Waals surface area contributed by atoms with E-state index in [1.807, 2.05) is 13.0 Å². The first-order valence-electron chi connectivity index (χ1n) is 8.03. The molecule has 1 aromatic heterocycles. The fourth-order valence-corrected chi connectivity index (χ4v) is 2.56. The summed E-state index contributed by atoms with van der Waals surface area (Å²) in [4.78, 5) is 2.23. The van der Waals surface area contributed by atoms with Crippen molar-refractivity contribution in [1.29, 1.82) is 0 Å². The molecule has 0 unspecified atom stereocenters. The minimum absolute atomic E-state index is 0.0286. The van der Waals surface area contributed by atoms with E-state index in [1.165, 1.54) is 11.3 Å². The lowest BCUT2D eigenvalue weighted by Crippen LogP contribution is -2.16. The highest BCUT2D eigenvalue weighted by atomic mass is 16.4. The van der Waals surface area contributed by atoms with Crippen molar-refractivity contribution < 1.29 is 4.42 Å². The quantitative estimate of drug-likeness (QED) is 0.737. The van der Waals surface area contributed by atoms with Crippen LogP contribution in [0.25, 0.3) is 0 Å². The molecule has 0 saturated carbocycles. The van der Waals surface area contributed by atoms with Gasteiger partial charge in [0.25, 0.3) is 0 Å². The smallest absolute Gasteiger partial charge is 0.238 e. The second-order valence-corrected chi connectivity index (χ2v) is 5.91. The van der Waals surface area contributed by atoms with E-state index in [9.17, 15) is 0 Å². The zero-order valence-electron chi connectivity index (χ0n) is 14.2. The van der Waals surface area contributed by atoms with E-state index >= 15 is 0 Å². The molecule has 0 fully saturated rings. The first-order chi connectivity index (χ1) is 11.6. The average Bonchev–Trinajstić information content (AvgIpc) is 3.03. The monoisotopic (exact) mass is 322 g/mol. The van der Waals surface area contributed by atoms with Gasteiger partial charge in [0.1, 0.15) is 6.04 Å². The van der Waals surface area contributed by atoms with Crippen LogP contribution in [-0.2, 0) is 6.54 Å². The third kappa shape index (κ3) is 3.93. The Morgan fingerprint density at radius 1 is 1.04 bits per heavy atom. The molecule has 0 bridgehead atoms. The Balaban J connectivity index is 1.62. The second-order valence-electron chi connectivity index (χ2n) is 5.91. The van der Waals surface area contributed by atoms with E-state index in [1.54, 1.807) is 6.92 Å². The molecule has 0 aliphatic carbocycles. The molecular weight excluding hydrogens is 300 g/mol. The molecule has 2 aromatic carbocycles. The van der Waals surface area contributed by atoms with Gasteiger partial charge in [0, 0.05) is 31.9 Å². The lowest BCUT2D eigenvalue weighted by atomic mass is 10.2. The van der Waals surface area contributed by atoms with Crippen molar-refractivity contribution in [3.63, 3.8) is 0 Å². The van der Waals surface area contributed by atoms with Gasteiger partial charge in [0.2, 0.25) is 11.8 Å². The Bertz CT molecular complexity index is 768. The van der Waals surface area contributed by atoms with Crippen LogP contribution in [0, 0.1) is 6.92 Å². The van der Waals surface area contributed by atoms with Crippen LogP contribution in [0.3, 0.4) is 0 Å². The summed E-state index contributed by atoms with van der Waals surface area (Å²) >= 11 is 0. The number of rotatable bonds is 6. The Hall–Kier alpha value is -2.82. The molecule has 3 aromatic rings. The van der Waals surface area contributed by atoms with Crippen molar-refractivity contribution in [2.24, 2.45) is 0 Å². The molecule has 124 valence electrons. The fraction of sp³-hybridized carbons (Fsp3) is 0.263. The van der Waals surface area contributed by atoms with Gasteiger partial charge in [-0.3, -0.25) is 0 Å². The second kappa shape index (κ2) is 7.17. The SMILES string of the molecule is Cc1nnc([C@H](C)Nc2ccc(N(C)Cc3ccccc3)cc2)o1. The minimum Gasteiger partial charge on any atom is -0.423 e. The third-order valence-electron chi connectivity index (χ3n) is 3.87. The van der Waals surface area contributed by atoms with Crippen LogP contribution in [0.4, 0.5) is 11.4 Å². The van der Waals surface area contributed by atoms with E-state index in [0.29, 0.717) is 11.8 Å². The molecule has 1 atom stereocenters. The summed E-state index contributed by atoms with van der Waals surface area (Å²) in [6.45, 7) is 4.67. The number of anilines is 2. The number of hydrogen-bond donors (Lipinski definition) is 1. The summed E-state index contributed by atoms with van der Waals surface area (Å²) < 4.78 is 5.45. The molecule has 3 rings (SSSR count). The topological polar surface area (TPSA) is 54.2 Å². The van der Waals surface area contributed by atoms with E-state index in [0.717, 1.165) is 12.2 Å². The number of hydrogen-bond acceptors (Lipinski definition) is 5. The predicted octanol–water partition coefficient (Wildman–Crippen LogP) is 4.19. The van der Waals surface area contributed by atoms with Crippen molar-refractivity contribution in [2.45, 2.75) is 26.4 Å². The Morgan fingerprint density at radius 3 is 2.38 bits per heavy atom. The zero-order chi connectivity index (χ0) is 16.9. The molecule has 1 N–H and O–H groups in total. The summed E-state index contributed by atoms with van der Waals surface area (Å²) in [6, 6.07) is 18.8. The van der Waals surface area contributed by atoms with Crippen molar-refractivity contribution in [2.75, 3.05) is 17.3 Å². The maximum atomic E-state index is 5.45. The van der Waals surface area contributed by atoms with Crippen LogP contribution in [-0.4, -0.2) is 17.2 Å². The number of nitrogens with one attached hydrogen (secondary N) is 1. The first-order valence-corrected chi connectivity index (χ1v) is 8.03. The minimum atomic E-state index is -0.0286.